The van der Waals surface area contributed by atoms with Crippen molar-refractivity contribution >= 4 is 11.8 Å². The molecule has 2 amide bonds. The highest BCUT2D eigenvalue weighted by Crippen LogP contribution is 2.09. The van der Waals surface area contributed by atoms with E-state index in [2.05, 4.69) is 24.1 Å². The molecule has 1 aliphatic heterocycles. The Labute approximate surface area is 108 Å². The maximum absolute atomic E-state index is 11.6. The van der Waals surface area contributed by atoms with E-state index in [0.29, 0.717) is 19.5 Å². The molecule has 0 aliphatic carbocycles. The van der Waals surface area contributed by atoms with Gasteiger partial charge in [0.2, 0.25) is 5.91 Å². The number of aliphatic hydroxyl groups is 1. The van der Waals surface area contributed by atoms with Crippen LogP contribution in [-0.2, 0) is 9.59 Å². The fourth-order valence-electron chi connectivity index (χ4n) is 2.00. The Morgan fingerprint density at radius 3 is 2.67 bits per heavy atom. The van der Waals surface area contributed by atoms with Gasteiger partial charge in [0, 0.05) is 19.6 Å². The van der Waals surface area contributed by atoms with Gasteiger partial charge >= 0.3 is 0 Å². The minimum absolute atomic E-state index is 0.0497. The average molecular weight is 257 g/mol. The van der Waals surface area contributed by atoms with Gasteiger partial charge in [0.05, 0.1) is 6.54 Å². The van der Waals surface area contributed by atoms with Gasteiger partial charge in [0.25, 0.3) is 5.91 Å². The molecule has 1 aliphatic rings. The molecule has 0 spiro atoms. The Bertz CT molecular complexity index is 292. The molecule has 0 unspecified atom stereocenters. The maximum atomic E-state index is 11.6. The van der Waals surface area contributed by atoms with Crippen molar-refractivity contribution in [1.82, 2.24) is 15.1 Å². The minimum atomic E-state index is -0.923. The zero-order chi connectivity index (χ0) is 13.5. The van der Waals surface area contributed by atoms with Crippen molar-refractivity contribution in [3.8, 4) is 0 Å². The Hall–Kier alpha value is -1.14. The Kier molecular flexibility index (Phi) is 6.07. The molecule has 0 saturated carbocycles. The van der Waals surface area contributed by atoms with Crippen LogP contribution in [0.3, 0.4) is 0 Å². The number of hydrogen-bond acceptors (Lipinski definition) is 4. The molecule has 0 aromatic carbocycles. The van der Waals surface area contributed by atoms with Crippen LogP contribution in [0.25, 0.3) is 0 Å². The SMILES string of the molecule is CCN(CC)CCNC(=O)CN1CC[C@@H](O)C1=O. The zero-order valence-electron chi connectivity index (χ0n) is 11.2. The molecule has 2 N–H and O–H groups in total. The van der Waals surface area contributed by atoms with Gasteiger partial charge in [-0.15, -0.1) is 0 Å². The largest absolute Gasteiger partial charge is 0.383 e. The topological polar surface area (TPSA) is 72.9 Å². The highest BCUT2D eigenvalue weighted by Gasteiger charge is 2.30. The Balaban J connectivity index is 2.20. The van der Waals surface area contributed by atoms with Crippen molar-refractivity contribution in [3.63, 3.8) is 0 Å². The molecule has 1 rings (SSSR count). The molecule has 1 saturated heterocycles. The summed E-state index contributed by atoms with van der Waals surface area (Å²) < 4.78 is 0. The quantitative estimate of drug-likeness (QED) is 0.616. The number of rotatable bonds is 7. The summed E-state index contributed by atoms with van der Waals surface area (Å²) >= 11 is 0. The number of likely N-dealkylation sites (N-methyl/N-ethyl adjacent to an activating group) is 1. The van der Waals surface area contributed by atoms with Crippen molar-refractivity contribution in [1.29, 1.82) is 0 Å². The highest BCUT2D eigenvalue weighted by atomic mass is 16.3. The smallest absolute Gasteiger partial charge is 0.251 e. The molecule has 18 heavy (non-hydrogen) atoms. The molecule has 0 aromatic heterocycles. The van der Waals surface area contributed by atoms with Crippen LogP contribution in [0.1, 0.15) is 20.3 Å². The standard InChI is InChI=1S/C12H23N3O3/c1-3-14(4-2)8-6-13-11(17)9-15-7-5-10(16)12(15)18/h10,16H,3-9H2,1-2H3,(H,13,17)/t10-/m1/s1. The summed E-state index contributed by atoms with van der Waals surface area (Å²) in [6.07, 6.45) is -0.501. The summed E-state index contributed by atoms with van der Waals surface area (Å²) in [4.78, 5) is 26.6. The van der Waals surface area contributed by atoms with Crippen LogP contribution in [0.15, 0.2) is 0 Å². The summed E-state index contributed by atoms with van der Waals surface area (Å²) in [5.41, 5.74) is 0. The lowest BCUT2D eigenvalue weighted by Gasteiger charge is -2.19. The predicted octanol–water partition coefficient (Wildman–Crippen LogP) is -0.962. The lowest BCUT2D eigenvalue weighted by Crippen LogP contribution is -2.42. The first-order valence-electron chi connectivity index (χ1n) is 6.54. The Morgan fingerprint density at radius 2 is 2.17 bits per heavy atom. The second-order valence-corrected chi connectivity index (χ2v) is 4.44. The second-order valence-electron chi connectivity index (χ2n) is 4.44. The van der Waals surface area contributed by atoms with Crippen molar-refractivity contribution in [2.75, 3.05) is 39.3 Å². The summed E-state index contributed by atoms with van der Waals surface area (Å²) in [6, 6.07) is 0. The molecular weight excluding hydrogens is 234 g/mol. The number of nitrogens with one attached hydrogen (secondary N) is 1. The van der Waals surface area contributed by atoms with Crippen LogP contribution < -0.4 is 5.32 Å². The van der Waals surface area contributed by atoms with E-state index in [1.807, 2.05) is 0 Å². The fraction of sp³-hybridized carbons (Fsp3) is 0.833. The molecule has 1 heterocycles. The first kappa shape index (κ1) is 14.9. The van der Waals surface area contributed by atoms with E-state index >= 15 is 0 Å². The number of likely N-dealkylation sites (tertiary alicyclic amines) is 1. The van der Waals surface area contributed by atoms with Gasteiger partial charge in [-0.25, -0.2) is 0 Å². The molecule has 1 atom stereocenters. The number of hydrogen-bond donors (Lipinski definition) is 2. The van der Waals surface area contributed by atoms with Crippen LogP contribution in [-0.4, -0.2) is 72.1 Å². The van der Waals surface area contributed by atoms with Gasteiger partial charge < -0.3 is 20.2 Å². The molecule has 1 fully saturated rings. The molecule has 6 heteroatoms. The summed E-state index contributed by atoms with van der Waals surface area (Å²) in [5.74, 6) is -0.501. The van der Waals surface area contributed by atoms with E-state index in [9.17, 15) is 14.7 Å². The predicted molar refractivity (Wildman–Crippen MR) is 68.0 cm³/mol. The van der Waals surface area contributed by atoms with Gasteiger partial charge in [-0.2, -0.15) is 0 Å². The molecular formula is C12H23N3O3. The first-order chi connectivity index (χ1) is 8.58. The second kappa shape index (κ2) is 7.33. The number of aliphatic hydroxyl groups excluding tert-OH is 1. The van der Waals surface area contributed by atoms with Crippen molar-refractivity contribution < 1.29 is 14.7 Å². The van der Waals surface area contributed by atoms with E-state index in [1.165, 1.54) is 4.90 Å². The summed E-state index contributed by atoms with van der Waals surface area (Å²) in [7, 11) is 0. The van der Waals surface area contributed by atoms with Crippen LogP contribution in [0.5, 0.6) is 0 Å². The molecule has 104 valence electrons. The first-order valence-corrected chi connectivity index (χ1v) is 6.54. The number of nitrogens with zero attached hydrogens (tertiary/aromatic N) is 2. The molecule has 0 bridgehead atoms. The lowest BCUT2D eigenvalue weighted by atomic mass is 10.3. The fourth-order valence-corrected chi connectivity index (χ4v) is 2.00. The minimum Gasteiger partial charge on any atom is -0.383 e. The normalized spacial score (nSPS) is 19.7. The lowest BCUT2D eigenvalue weighted by molar-refractivity contribution is -0.137. The van der Waals surface area contributed by atoms with E-state index in [0.717, 1.165) is 19.6 Å². The van der Waals surface area contributed by atoms with Crippen LogP contribution in [0.4, 0.5) is 0 Å². The third kappa shape index (κ3) is 4.27. The van der Waals surface area contributed by atoms with E-state index in [-0.39, 0.29) is 18.4 Å². The summed E-state index contributed by atoms with van der Waals surface area (Å²) in [5, 5.41) is 12.1. The number of carbonyl (C=O) groups excluding carboxylic acids is 2. The van der Waals surface area contributed by atoms with E-state index in [4.69, 9.17) is 0 Å². The molecule has 0 radical (unpaired) electrons. The molecule has 0 aromatic rings. The number of carbonyl (C=O) groups is 2. The van der Waals surface area contributed by atoms with Crippen LogP contribution >= 0.6 is 0 Å². The Morgan fingerprint density at radius 1 is 1.50 bits per heavy atom. The van der Waals surface area contributed by atoms with Gasteiger partial charge in [0.1, 0.15) is 6.10 Å². The maximum Gasteiger partial charge on any atom is 0.251 e. The van der Waals surface area contributed by atoms with Gasteiger partial charge in [-0.3, -0.25) is 9.59 Å². The molecule has 6 nitrogen and oxygen atoms in total. The zero-order valence-corrected chi connectivity index (χ0v) is 11.2. The van der Waals surface area contributed by atoms with Gasteiger partial charge in [0.15, 0.2) is 0 Å². The monoisotopic (exact) mass is 257 g/mol. The van der Waals surface area contributed by atoms with Gasteiger partial charge in [-0.05, 0) is 19.5 Å². The van der Waals surface area contributed by atoms with Crippen LogP contribution in [0.2, 0.25) is 0 Å². The van der Waals surface area contributed by atoms with E-state index < -0.39 is 6.10 Å². The third-order valence-corrected chi connectivity index (χ3v) is 3.25. The van der Waals surface area contributed by atoms with Gasteiger partial charge in [-0.1, -0.05) is 13.8 Å². The van der Waals surface area contributed by atoms with Crippen molar-refractivity contribution in [2.24, 2.45) is 0 Å². The van der Waals surface area contributed by atoms with Crippen molar-refractivity contribution in [3.05, 3.63) is 0 Å². The summed E-state index contributed by atoms with van der Waals surface area (Å²) in [6.45, 7) is 8.00. The van der Waals surface area contributed by atoms with Crippen molar-refractivity contribution in [2.45, 2.75) is 26.4 Å². The number of amides is 2. The third-order valence-electron chi connectivity index (χ3n) is 3.25. The van der Waals surface area contributed by atoms with E-state index in [1.54, 1.807) is 0 Å². The van der Waals surface area contributed by atoms with Crippen LogP contribution in [0, 0.1) is 0 Å². The highest BCUT2D eigenvalue weighted by molar-refractivity contribution is 5.88. The average Bonchev–Trinajstić information content (AvgIpc) is 2.67.